The predicted octanol–water partition coefficient (Wildman–Crippen LogP) is 7.03. The van der Waals surface area contributed by atoms with Crippen molar-refractivity contribution in [2.24, 2.45) is 5.41 Å². The van der Waals surface area contributed by atoms with Gasteiger partial charge in [-0.2, -0.15) is 0 Å². The minimum absolute atomic E-state index is 0.117. The number of hydrogen-bond acceptors (Lipinski definition) is 5. The maximum Gasteiger partial charge on any atom is 0.311 e. The van der Waals surface area contributed by atoms with E-state index in [9.17, 15) is 4.79 Å². The van der Waals surface area contributed by atoms with Crippen LogP contribution < -0.4 is 5.32 Å². The number of carbonyl (C=O) groups excluding carboxylic acids is 1. The summed E-state index contributed by atoms with van der Waals surface area (Å²) in [5.41, 5.74) is 4.86. The van der Waals surface area contributed by atoms with E-state index in [4.69, 9.17) is 26.1 Å². The summed E-state index contributed by atoms with van der Waals surface area (Å²) in [6, 6.07) is 14.0. The molecule has 3 rings (SSSR count). The van der Waals surface area contributed by atoms with Gasteiger partial charge in [0, 0.05) is 17.0 Å². The van der Waals surface area contributed by atoms with E-state index < -0.39 is 17.1 Å². The van der Waals surface area contributed by atoms with Gasteiger partial charge in [-0.3, -0.25) is 9.78 Å². The number of carbonyl (C=O) groups is 1. The summed E-state index contributed by atoms with van der Waals surface area (Å²) in [6.07, 6.45) is -0.464. The molecule has 0 unspecified atom stereocenters. The van der Waals surface area contributed by atoms with Crippen molar-refractivity contribution >= 4 is 28.5 Å². The average molecular weight is 497 g/mol. The van der Waals surface area contributed by atoms with Gasteiger partial charge in [0.25, 0.3) is 0 Å². The van der Waals surface area contributed by atoms with Gasteiger partial charge in [-0.1, -0.05) is 29.8 Å². The fourth-order valence-corrected chi connectivity index (χ4v) is 4.18. The van der Waals surface area contributed by atoms with Crippen LogP contribution in [0.2, 0.25) is 5.02 Å². The van der Waals surface area contributed by atoms with Gasteiger partial charge in [0.2, 0.25) is 0 Å². The predicted molar refractivity (Wildman–Crippen MR) is 144 cm³/mol. The van der Waals surface area contributed by atoms with Gasteiger partial charge < -0.3 is 14.8 Å². The van der Waals surface area contributed by atoms with Gasteiger partial charge in [0.15, 0.2) is 0 Å². The molecule has 1 N–H and O–H groups in total. The molecule has 1 atom stereocenters. The van der Waals surface area contributed by atoms with Crippen LogP contribution in [0.25, 0.3) is 22.0 Å². The molecule has 3 aromatic rings. The number of hydrogen-bond donors (Lipinski definition) is 1. The monoisotopic (exact) mass is 496 g/mol. The molecule has 5 nitrogen and oxygen atoms in total. The number of ether oxygens (including phenoxy) is 2. The van der Waals surface area contributed by atoms with Crippen LogP contribution in [0, 0.1) is 12.3 Å². The van der Waals surface area contributed by atoms with Crippen LogP contribution >= 0.6 is 11.6 Å². The van der Waals surface area contributed by atoms with Gasteiger partial charge in [0.05, 0.1) is 22.2 Å². The van der Waals surface area contributed by atoms with Gasteiger partial charge >= 0.3 is 5.97 Å². The molecule has 0 amide bonds. The van der Waals surface area contributed by atoms with Crippen molar-refractivity contribution in [3.63, 3.8) is 0 Å². The lowest BCUT2D eigenvalue weighted by Crippen LogP contribution is -2.30. The smallest absolute Gasteiger partial charge is 0.311 e. The lowest BCUT2D eigenvalue weighted by atomic mass is 9.88. The largest absolute Gasteiger partial charge is 0.462 e. The second-order valence-electron chi connectivity index (χ2n) is 11.0. The molecule has 0 aliphatic rings. The highest BCUT2D eigenvalue weighted by Crippen LogP contribution is 2.40. The summed E-state index contributed by atoms with van der Waals surface area (Å²) in [7, 11) is 1.91. The first-order chi connectivity index (χ1) is 16.3. The Bertz CT molecular complexity index is 1190. The van der Waals surface area contributed by atoms with Crippen molar-refractivity contribution < 1.29 is 14.3 Å². The Labute approximate surface area is 214 Å². The number of pyridine rings is 1. The minimum Gasteiger partial charge on any atom is -0.462 e. The standard InChI is InChI=1S/C29H37ClN2O3/c1-18-15-23-22(14-13-21(32-23)16-31-8)26(19-9-11-20(30)12-10-19)25(18)24(35-29(5,6)7)17-34-27(33)28(2,3)4/h9-15,24,31H,16-17H2,1-8H3/t24-/m1/s1. The first-order valence-electron chi connectivity index (χ1n) is 12.0. The van der Waals surface area contributed by atoms with E-state index in [1.54, 1.807) is 0 Å². The van der Waals surface area contributed by atoms with Crippen LogP contribution in [-0.2, 0) is 20.8 Å². The van der Waals surface area contributed by atoms with E-state index in [0.29, 0.717) is 11.6 Å². The van der Waals surface area contributed by atoms with E-state index in [0.717, 1.165) is 38.9 Å². The van der Waals surface area contributed by atoms with Crippen LogP contribution in [0.5, 0.6) is 0 Å². The molecule has 0 bridgehead atoms. The average Bonchev–Trinajstić information content (AvgIpc) is 2.75. The molecule has 0 saturated heterocycles. The third-order valence-corrected chi connectivity index (χ3v) is 5.84. The fraction of sp³-hybridized carbons (Fsp3) is 0.448. The first kappa shape index (κ1) is 27.1. The van der Waals surface area contributed by atoms with Gasteiger partial charge in [0.1, 0.15) is 12.7 Å². The Hall–Kier alpha value is -2.47. The Morgan fingerprint density at radius 2 is 1.71 bits per heavy atom. The summed E-state index contributed by atoms with van der Waals surface area (Å²) in [4.78, 5) is 17.5. The van der Waals surface area contributed by atoms with Crippen LogP contribution in [0.3, 0.4) is 0 Å². The second kappa shape index (κ2) is 10.7. The number of halogens is 1. The van der Waals surface area contributed by atoms with E-state index in [1.165, 1.54) is 0 Å². The summed E-state index contributed by atoms with van der Waals surface area (Å²) in [5, 5.41) is 4.85. The molecule has 1 aromatic heterocycles. The Kier molecular flexibility index (Phi) is 8.25. The first-order valence-corrected chi connectivity index (χ1v) is 12.4. The molecule has 188 valence electrons. The number of fused-ring (bicyclic) bond motifs is 1. The zero-order chi connectivity index (χ0) is 26.0. The number of rotatable bonds is 7. The van der Waals surface area contributed by atoms with Crippen molar-refractivity contribution in [2.75, 3.05) is 13.7 Å². The number of nitrogens with zero attached hydrogens (tertiary/aromatic N) is 1. The van der Waals surface area contributed by atoms with Crippen LogP contribution in [0.4, 0.5) is 0 Å². The third kappa shape index (κ3) is 6.81. The Balaban J connectivity index is 2.25. The summed E-state index contributed by atoms with van der Waals surface area (Å²) >= 11 is 6.22. The van der Waals surface area contributed by atoms with E-state index in [1.807, 2.05) is 78.9 Å². The highest BCUT2D eigenvalue weighted by atomic mass is 35.5. The topological polar surface area (TPSA) is 60.5 Å². The highest BCUT2D eigenvalue weighted by Gasteiger charge is 2.30. The zero-order valence-electron chi connectivity index (χ0n) is 22.1. The van der Waals surface area contributed by atoms with E-state index in [2.05, 4.69) is 24.4 Å². The maximum atomic E-state index is 12.6. The summed E-state index contributed by atoms with van der Waals surface area (Å²) in [5.74, 6) is -0.259. The quantitative estimate of drug-likeness (QED) is 0.356. The molecule has 2 aromatic carbocycles. The molecule has 6 heteroatoms. The van der Waals surface area contributed by atoms with Crippen molar-refractivity contribution in [3.8, 4) is 11.1 Å². The highest BCUT2D eigenvalue weighted by molar-refractivity contribution is 6.30. The van der Waals surface area contributed by atoms with E-state index in [-0.39, 0.29) is 12.6 Å². The molecule has 1 heterocycles. The summed E-state index contributed by atoms with van der Waals surface area (Å²) in [6.45, 7) is 14.4. The van der Waals surface area contributed by atoms with Crippen LogP contribution in [-0.4, -0.2) is 30.2 Å². The van der Waals surface area contributed by atoms with Crippen molar-refractivity contribution in [1.82, 2.24) is 10.3 Å². The van der Waals surface area contributed by atoms with Crippen molar-refractivity contribution in [2.45, 2.75) is 66.7 Å². The molecule has 0 radical (unpaired) electrons. The SMILES string of the molecule is CNCc1ccc2c(-c3ccc(Cl)cc3)c([C@@H](COC(=O)C(C)(C)C)OC(C)(C)C)c(C)cc2n1. The third-order valence-electron chi connectivity index (χ3n) is 5.59. The number of esters is 1. The normalized spacial score (nSPS) is 13.2. The summed E-state index contributed by atoms with van der Waals surface area (Å²) < 4.78 is 12.3. The lowest BCUT2D eigenvalue weighted by molar-refractivity contribution is -0.162. The van der Waals surface area contributed by atoms with Crippen molar-refractivity contribution in [3.05, 3.63) is 64.3 Å². The molecule has 0 fully saturated rings. The molecule has 35 heavy (non-hydrogen) atoms. The maximum absolute atomic E-state index is 12.6. The Morgan fingerprint density at radius 1 is 1.06 bits per heavy atom. The zero-order valence-corrected chi connectivity index (χ0v) is 22.8. The van der Waals surface area contributed by atoms with Crippen LogP contribution in [0.15, 0.2) is 42.5 Å². The lowest BCUT2D eigenvalue weighted by Gasteiger charge is -2.31. The number of benzene rings is 2. The van der Waals surface area contributed by atoms with Gasteiger partial charge in [-0.05, 0) is 102 Å². The Morgan fingerprint density at radius 3 is 2.29 bits per heavy atom. The van der Waals surface area contributed by atoms with E-state index >= 15 is 0 Å². The van der Waals surface area contributed by atoms with Crippen molar-refractivity contribution in [1.29, 1.82) is 0 Å². The van der Waals surface area contributed by atoms with Gasteiger partial charge in [-0.15, -0.1) is 0 Å². The molecular formula is C29H37ClN2O3. The molecule has 0 spiro atoms. The molecule has 0 aliphatic carbocycles. The molecule has 0 saturated carbocycles. The number of nitrogens with one attached hydrogen (secondary N) is 1. The fourth-order valence-electron chi connectivity index (χ4n) is 4.06. The molecule has 0 aliphatic heterocycles. The minimum atomic E-state index is -0.600. The van der Waals surface area contributed by atoms with Crippen LogP contribution in [0.1, 0.15) is 64.5 Å². The molecular weight excluding hydrogens is 460 g/mol. The number of aromatic nitrogens is 1. The second-order valence-corrected chi connectivity index (χ2v) is 11.4. The van der Waals surface area contributed by atoms with Gasteiger partial charge in [-0.25, -0.2) is 0 Å². The number of aryl methyl sites for hydroxylation is 1.